The van der Waals surface area contributed by atoms with Crippen LogP contribution in [0.25, 0.3) is 0 Å². The summed E-state index contributed by atoms with van der Waals surface area (Å²) >= 11 is 5.99. The van der Waals surface area contributed by atoms with Crippen molar-refractivity contribution in [3.05, 3.63) is 58.4 Å². The van der Waals surface area contributed by atoms with E-state index in [9.17, 15) is 14.3 Å². The molecule has 0 atom stereocenters. The van der Waals surface area contributed by atoms with Gasteiger partial charge in [0.05, 0.1) is 12.7 Å². The number of rotatable bonds is 4. The Morgan fingerprint density at radius 2 is 2.14 bits per heavy atom. The van der Waals surface area contributed by atoms with E-state index in [-0.39, 0.29) is 17.9 Å². The first kappa shape index (κ1) is 15.1. The molecule has 0 amide bonds. The van der Waals surface area contributed by atoms with Crippen molar-refractivity contribution in [3.63, 3.8) is 0 Å². The highest BCUT2D eigenvalue weighted by Gasteiger charge is 2.13. The predicted octanol–water partition coefficient (Wildman–Crippen LogP) is 3.58. The van der Waals surface area contributed by atoms with Crippen LogP contribution in [0.4, 0.5) is 10.1 Å². The highest BCUT2D eigenvalue weighted by atomic mass is 35.5. The standard InChI is InChI=1S/C15H13ClFNO3/c1-21-15(20)10-7-9(5-6-13(10)17)18-8-11-12(16)3-2-4-14(11)19/h2-7,18-19H,8H2,1H3. The van der Waals surface area contributed by atoms with E-state index >= 15 is 0 Å². The van der Waals surface area contributed by atoms with E-state index < -0.39 is 11.8 Å². The Hall–Kier alpha value is -2.27. The number of halogens is 2. The largest absolute Gasteiger partial charge is 0.508 e. The molecule has 0 unspecified atom stereocenters. The van der Waals surface area contributed by atoms with Crippen molar-refractivity contribution in [3.8, 4) is 5.75 Å². The van der Waals surface area contributed by atoms with Gasteiger partial charge in [-0.1, -0.05) is 17.7 Å². The molecule has 21 heavy (non-hydrogen) atoms. The van der Waals surface area contributed by atoms with Gasteiger partial charge in [0.25, 0.3) is 0 Å². The molecule has 0 aliphatic carbocycles. The Kier molecular flexibility index (Phi) is 4.65. The lowest BCUT2D eigenvalue weighted by molar-refractivity contribution is 0.0595. The van der Waals surface area contributed by atoms with Crippen LogP contribution < -0.4 is 5.32 Å². The second-order valence-corrected chi connectivity index (χ2v) is 4.68. The Morgan fingerprint density at radius 3 is 2.81 bits per heavy atom. The third-order valence-corrected chi connectivity index (χ3v) is 3.29. The average Bonchev–Trinajstić information content (AvgIpc) is 2.47. The number of phenols is 1. The number of anilines is 1. The summed E-state index contributed by atoms with van der Waals surface area (Å²) in [7, 11) is 1.18. The minimum atomic E-state index is -0.753. The van der Waals surface area contributed by atoms with Gasteiger partial charge in [-0.3, -0.25) is 0 Å². The maximum atomic E-state index is 13.5. The van der Waals surface area contributed by atoms with Crippen molar-refractivity contribution >= 4 is 23.3 Å². The lowest BCUT2D eigenvalue weighted by atomic mass is 10.1. The number of esters is 1. The van der Waals surface area contributed by atoms with Crippen LogP contribution in [-0.4, -0.2) is 18.2 Å². The van der Waals surface area contributed by atoms with Crippen molar-refractivity contribution in [2.75, 3.05) is 12.4 Å². The SMILES string of the molecule is COC(=O)c1cc(NCc2c(O)cccc2Cl)ccc1F. The minimum Gasteiger partial charge on any atom is -0.508 e. The van der Waals surface area contributed by atoms with Crippen LogP contribution in [0.5, 0.6) is 5.75 Å². The van der Waals surface area contributed by atoms with Crippen LogP contribution in [0.15, 0.2) is 36.4 Å². The van der Waals surface area contributed by atoms with Crippen LogP contribution in [-0.2, 0) is 11.3 Å². The fraction of sp³-hybridized carbons (Fsp3) is 0.133. The molecule has 0 aromatic heterocycles. The van der Waals surface area contributed by atoms with E-state index in [4.69, 9.17) is 11.6 Å². The molecule has 0 fully saturated rings. The van der Waals surface area contributed by atoms with E-state index in [1.54, 1.807) is 12.1 Å². The fourth-order valence-electron chi connectivity index (χ4n) is 1.81. The smallest absolute Gasteiger partial charge is 0.340 e. The number of carbonyl (C=O) groups excluding carboxylic acids is 1. The molecule has 2 aromatic carbocycles. The average molecular weight is 310 g/mol. The van der Waals surface area contributed by atoms with Gasteiger partial charge in [-0.2, -0.15) is 0 Å². The quantitative estimate of drug-likeness (QED) is 0.848. The summed E-state index contributed by atoms with van der Waals surface area (Å²) in [6.07, 6.45) is 0. The molecule has 6 heteroatoms. The third-order valence-electron chi connectivity index (χ3n) is 2.94. The Bertz CT molecular complexity index is 656. The zero-order valence-corrected chi connectivity index (χ0v) is 11.9. The summed E-state index contributed by atoms with van der Waals surface area (Å²) < 4.78 is 18.0. The van der Waals surface area contributed by atoms with Crippen LogP contribution in [0.1, 0.15) is 15.9 Å². The first-order valence-electron chi connectivity index (χ1n) is 6.11. The fourth-order valence-corrected chi connectivity index (χ4v) is 2.05. The van der Waals surface area contributed by atoms with E-state index in [1.165, 1.54) is 31.4 Å². The number of carbonyl (C=O) groups is 1. The number of aromatic hydroxyl groups is 1. The molecule has 2 rings (SSSR count). The zero-order valence-electron chi connectivity index (χ0n) is 11.2. The van der Waals surface area contributed by atoms with Crippen molar-refractivity contribution in [1.29, 1.82) is 0 Å². The molecule has 0 radical (unpaired) electrons. The normalized spacial score (nSPS) is 10.2. The summed E-state index contributed by atoms with van der Waals surface area (Å²) in [5, 5.41) is 13.1. The first-order chi connectivity index (χ1) is 10.0. The molecule has 0 aliphatic rings. The van der Waals surface area contributed by atoms with Crippen molar-refractivity contribution < 1.29 is 19.0 Å². The number of hydrogen-bond acceptors (Lipinski definition) is 4. The molecule has 0 heterocycles. The molecule has 4 nitrogen and oxygen atoms in total. The predicted molar refractivity (Wildman–Crippen MR) is 78.2 cm³/mol. The molecule has 2 aromatic rings. The van der Waals surface area contributed by atoms with Gasteiger partial charge < -0.3 is 15.2 Å². The van der Waals surface area contributed by atoms with Gasteiger partial charge in [-0.25, -0.2) is 9.18 Å². The maximum absolute atomic E-state index is 13.5. The van der Waals surface area contributed by atoms with Crippen LogP contribution >= 0.6 is 11.6 Å². The summed E-state index contributed by atoms with van der Waals surface area (Å²) in [6.45, 7) is 0.234. The lowest BCUT2D eigenvalue weighted by Crippen LogP contribution is -2.07. The molecule has 2 N–H and O–H groups in total. The number of hydrogen-bond donors (Lipinski definition) is 2. The van der Waals surface area contributed by atoms with E-state index in [0.717, 1.165) is 0 Å². The first-order valence-corrected chi connectivity index (χ1v) is 6.49. The summed E-state index contributed by atoms with van der Waals surface area (Å²) in [6, 6.07) is 8.80. The topological polar surface area (TPSA) is 58.6 Å². The van der Waals surface area contributed by atoms with Gasteiger partial charge in [0.15, 0.2) is 0 Å². The van der Waals surface area contributed by atoms with Crippen molar-refractivity contribution in [2.45, 2.75) is 6.54 Å². The number of nitrogens with one attached hydrogen (secondary N) is 1. The van der Waals surface area contributed by atoms with Crippen molar-refractivity contribution in [1.82, 2.24) is 0 Å². The molecule has 0 aliphatic heterocycles. The zero-order chi connectivity index (χ0) is 15.4. The maximum Gasteiger partial charge on any atom is 0.340 e. The summed E-state index contributed by atoms with van der Waals surface area (Å²) in [5.41, 5.74) is 0.866. The number of methoxy groups -OCH3 is 1. The molecule has 0 bridgehead atoms. The van der Waals surface area contributed by atoms with Crippen molar-refractivity contribution in [2.24, 2.45) is 0 Å². The van der Waals surface area contributed by atoms with Gasteiger partial charge >= 0.3 is 5.97 Å². The van der Waals surface area contributed by atoms with Gasteiger partial charge in [-0.15, -0.1) is 0 Å². The number of ether oxygens (including phenoxy) is 1. The van der Waals surface area contributed by atoms with E-state index in [0.29, 0.717) is 16.3 Å². The minimum absolute atomic E-state index is 0.0605. The molecule has 0 saturated heterocycles. The van der Waals surface area contributed by atoms with Gasteiger partial charge in [0, 0.05) is 22.8 Å². The Labute approximate surface area is 126 Å². The van der Waals surface area contributed by atoms with Gasteiger partial charge in [0.2, 0.25) is 0 Å². The Balaban J connectivity index is 2.19. The molecular weight excluding hydrogens is 297 g/mol. The Morgan fingerprint density at radius 1 is 1.38 bits per heavy atom. The molecule has 0 spiro atoms. The summed E-state index contributed by atoms with van der Waals surface area (Å²) in [4.78, 5) is 11.4. The third kappa shape index (κ3) is 3.44. The van der Waals surface area contributed by atoms with Gasteiger partial charge in [0.1, 0.15) is 11.6 Å². The van der Waals surface area contributed by atoms with E-state index in [1.807, 2.05) is 0 Å². The number of benzene rings is 2. The lowest BCUT2D eigenvalue weighted by Gasteiger charge is -2.11. The van der Waals surface area contributed by atoms with Crippen LogP contribution in [0, 0.1) is 5.82 Å². The van der Waals surface area contributed by atoms with Crippen LogP contribution in [0.3, 0.4) is 0 Å². The molecule has 110 valence electrons. The molecular formula is C15H13ClFNO3. The highest BCUT2D eigenvalue weighted by Crippen LogP contribution is 2.26. The monoisotopic (exact) mass is 309 g/mol. The summed E-state index contributed by atoms with van der Waals surface area (Å²) in [5.74, 6) is -1.35. The second kappa shape index (κ2) is 6.45. The van der Waals surface area contributed by atoms with Gasteiger partial charge in [-0.05, 0) is 30.3 Å². The highest BCUT2D eigenvalue weighted by molar-refractivity contribution is 6.31. The second-order valence-electron chi connectivity index (χ2n) is 4.28. The molecule has 0 saturated carbocycles. The van der Waals surface area contributed by atoms with Crippen LogP contribution in [0.2, 0.25) is 5.02 Å². The van der Waals surface area contributed by atoms with E-state index in [2.05, 4.69) is 10.1 Å². The number of phenolic OH excluding ortho intramolecular Hbond substituents is 1.